The van der Waals surface area contributed by atoms with Gasteiger partial charge < -0.3 is 10.2 Å². The van der Waals surface area contributed by atoms with Crippen molar-refractivity contribution in [3.05, 3.63) is 60.4 Å². The van der Waals surface area contributed by atoms with Crippen LogP contribution in [0.1, 0.15) is 37.9 Å². The number of likely N-dealkylation sites (tertiary alicyclic amines) is 1. The molecule has 2 saturated heterocycles. The number of hydrogen-bond donors (Lipinski definition) is 1. The molecule has 0 aliphatic carbocycles. The first-order valence-corrected chi connectivity index (χ1v) is 13.2. The average molecular weight is 477 g/mol. The molecule has 3 aromatic rings. The molecule has 0 atom stereocenters. The van der Waals surface area contributed by atoms with Gasteiger partial charge in [-0.15, -0.1) is 10.2 Å². The van der Waals surface area contributed by atoms with E-state index in [2.05, 4.69) is 54.1 Å². The normalized spacial score (nSPS) is 16.6. The van der Waals surface area contributed by atoms with Crippen LogP contribution in [0.3, 0.4) is 0 Å². The predicted molar refractivity (Wildman–Crippen MR) is 138 cm³/mol. The van der Waals surface area contributed by atoms with Crippen molar-refractivity contribution in [2.75, 3.05) is 42.1 Å². The standard InChI is InChI=1S/C26H32N6OS/c33-25(27-21-11-13-22(14-12-21)31-17-7-8-18-31)20-34-26-29-28-24(19-30-15-5-2-6-16-30)32(26)23-9-3-1-4-10-23/h1,3-4,9-14H,2,5-8,15-20H2,(H,27,33). The SMILES string of the molecule is O=C(CSc1nnc(CN2CCCCC2)n1-c1ccccc1)Nc1ccc(N2CCCC2)cc1. The van der Waals surface area contributed by atoms with Crippen LogP contribution in [0, 0.1) is 0 Å². The second-order valence-electron chi connectivity index (χ2n) is 8.98. The molecule has 2 aromatic carbocycles. The lowest BCUT2D eigenvalue weighted by molar-refractivity contribution is -0.113. The van der Waals surface area contributed by atoms with E-state index >= 15 is 0 Å². The van der Waals surface area contributed by atoms with E-state index in [0.29, 0.717) is 0 Å². The van der Waals surface area contributed by atoms with Crippen LogP contribution in [-0.4, -0.2) is 57.5 Å². The fraction of sp³-hybridized carbons (Fsp3) is 0.423. The third-order valence-electron chi connectivity index (χ3n) is 6.48. The number of benzene rings is 2. The molecule has 0 unspecified atom stereocenters. The number of aromatic nitrogens is 3. The topological polar surface area (TPSA) is 66.3 Å². The quantitative estimate of drug-likeness (QED) is 0.480. The van der Waals surface area contributed by atoms with E-state index in [1.807, 2.05) is 30.3 Å². The number of carbonyl (C=O) groups excluding carboxylic acids is 1. The number of amides is 1. The minimum Gasteiger partial charge on any atom is -0.372 e. The second kappa shape index (κ2) is 11.1. The van der Waals surface area contributed by atoms with Crippen LogP contribution in [0.15, 0.2) is 59.8 Å². The maximum Gasteiger partial charge on any atom is 0.234 e. The van der Waals surface area contributed by atoms with Gasteiger partial charge in [0.15, 0.2) is 11.0 Å². The molecule has 0 bridgehead atoms. The number of para-hydroxylation sites is 1. The largest absolute Gasteiger partial charge is 0.372 e. The summed E-state index contributed by atoms with van der Waals surface area (Å²) in [6.45, 7) is 5.21. The van der Waals surface area contributed by atoms with Crippen molar-refractivity contribution in [1.29, 1.82) is 0 Å². The van der Waals surface area contributed by atoms with Gasteiger partial charge in [0.2, 0.25) is 5.91 Å². The monoisotopic (exact) mass is 476 g/mol. The molecule has 5 rings (SSSR count). The van der Waals surface area contributed by atoms with Gasteiger partial charge in [-0.1, -0.05) is 36.4 Å². The number of hydrogen-bond acceptors (Lipinski definition) is 6. The maximum atomic E-state index is 12.7. The van der Waals surface area contributed by atoms with E-state index < -0.39 is 0 Å². The molecule has 178 valence electrons. The molecule has 1 aromatic heterocycles. The van der Waals surface area contributed by atoms with Crippen molar-refractivity contribution in [3.8, 4) is 5.69 Å². The number of rotatable bonds is 8. The molecule has 1 N–H and O–H groups in total. The van der Waals surface area contributed by atoms with E-state index in [0.717, 1.165) is 55.1 Å². The first kappa shape index (κ1) is 22.9. The summed E-state index contributed by atoms with van der Waals surface area (Å²) in [5.41, 5.74) is 3.07. The molecule has 2 fully saturated rings. The summed E-state index contributed by atoms with van der Waals surface area (Å²) in [5, 5.41) is 12.7. The highest BCUT2D eigenvalue weighted by Crippen LogP contribution is 2.25. The maximum absolute atomic E-state index is 12.7. The molecule has 8 heteroatoms. The average Bonchev–Trinajstić information content (AvgIpc) is 3.55. The lowest BCUT2D eigenvalue weighted by Gasteiger charge is -2.26. The Labute approximate surface area is 205 Å². The molecule has 0 spiro atoms. The zero-order valence-electron chi connectivity index (χ0n) is 19.5. The molecule has 2 aliphatic heterocycles. The third kappa shape index (κ3) is 5.62. The molecule has 0 radical (unpaired) electrons. The Morgan fingerprint density at radius 3 is 2.26 bits per heavy atom. The number of nitrogens with zero attached hydrogens (tertiary/aromatic N) is 5. The summed E-state index contributed by atoms with van der Waals surface area (Å²) >= 11 is 1.43. The number of anilines is 2. The van der Waals surface area contributed by atoms with E-state index in [9.17, 15) is 4.79 Å². The van der Waals surface area contributed by atoms with Crippen LogP contribution < -0.4 is 10.2 Å². The Hall–Kier alpha value is -2.84. The van der Waals surface area contributed by atoms with Gasteiger partial charge in [0.25, 0.3) is 0 Å². The highest BCUT2D eigenvalue weighted by atomic mass is 32.2. The lowest BCUT2D eigenvalue weighted by Crippen LogP contribution is -2.30. The Morgan fingerprint density at radius 1 is 0.824 bits per heavy atom. The highest BCUT2D eigenvalue weighted by Gasteiger charge is 2.19. The fourth-order valence-electron chi connectivity index (χ4n) is 4.71. The Kier molecular flexibility index (Phi) is 7.46. The zero-order chi connectivity index (χ0) is 23.2. The van der Waals surface area contributed by atoms with Gasteiger partial charge in [-0.2, -0.15) is 0 Å². The number of piperidine rings is 1. The Balaban J connectivity index is 1.24. The number of nitrogens with one attached hydrogen (secondary N) is 1. The molecule has 34 heavy (non-hydrogen) atoms. The second-order valence-corrected chi connectivity index (χ2v) is 9.93. The van der Waals surface area contributed by atoms with Crippen molar-refractivity contribution in [2.45, 2.75) is 43.8 Å². The number of carbonyl (C=O) groups is 1. The van der Waals surface area contributed by atoms with Gasteiger partial charge in [0.1, 0.15) is 0 Å². The van der Waals surface area contributed by atoms with Gasteiger partial charge in [-0.25, -0.2) is 0 Å². The van der Waals surface area contributed by atoms with Gasteiger partial charge in [0.05, 0.1) is 12.3 Å². The molecule has 1 amide bonds. The Morgan fingerprint density at radius 2 is 1.53 bits per heavy atom. The predicted octanol–water partition coefficient (Wildman–Crippen LogP) is 4.58. The summed E-state index contributed by atoms with van der Waals surface area (Å²) in [6.07, 6.45) is 6.28. The van der Waals surface area contributed by atoms with Crippen LogP contribution in [0.4, 0.5) is 11.4 Å². The van der Waals surface area contributed by atoms with Crippen molar-refractivity contribution in [2.24, 2.45) is 0 Å². The van der Waals surface area contributed by atoms with Crippen LogP contribution in [0.25, 0.3) is 5.69 Å². The van der Waals surface area contributed by atoms with Crippen LogP contribution in [-0.2, 0) is 11.3 Å². The summed E-state index contributed by atoms with van der Waals surface area (Å²) in [5.74, 6) is 1.16. The Bertz CT molecular complexity index is 1070. The molecular formula is C26H32N6OS. The van der Waals surface area contributed by atoms with Gasteiger partial charge >= 0.3 is 0 Å². The summed E-state index contributed by atoms with van der Waals surface area (Å²) in [6, 6.07) is 18.3. The van der Waals surface area contributed by atoms with Crippen molar-refractivity contribution >= 4 is 29.0 Å². The molecule has 7 nitrogen and oxygen atoms in total. The molecule has 3 heterocycles. The van der Waals surface area contributed by atoms with Gasteiger partial charge in [0, 0.05) is 30.2 Å². The summed E-state index contributed by atoms with van der Waals surface area (Å²) in [7, 11) is 0. The van der Waals surface area contributed by atoms with E-state index in [1.165, 1.54) is 49.6 Å². The van der Waals surface area contributed by atoms with Crippen molar-refractivity contribution in [3.63, 3.8) is 0 Å². The van der Waals surface area contributed by atoms with E-state index in [4.69, 9.17) is 0 Å². The lowest BCUT2D eigenvalue weighted by atomic mass is 10.1. The van der Waals surface area contributed by atoms with Gasteiger partial charge in [-0.3, -0.25) is 14.3 Å². The molecule has 2 aliphatic rings. The first-order chi connectivity index (χ1) is 16.8. The summed E-state index contributed by atoms with van der Waals surface area (Å²) in [4.78, 5) is 17.5. The third-order valence-corrected chi connectivity index (χ3v) is 7.41. The van der Waals surface area contributed by atoms with Crippen LogP contribution >= 0.6 is 11.8 Å². The molecular weight excluding hydrogens is 444 g/mol. The first-order valence-electron chi connectivity index (χ1n) is 12.3. The van der Waals surface area contributed by atoms with Crippen LogP contribution in [0.5, 0.6) is 0 Å². The summed E-state index contributed by atoms with van der Waals surface area (Å²) < 4.78 is 2.09. The van der Waals surface area contributed by atoms with E-state index in [-0.39, 0.29) is 11.7 Å². The highest BCUT2D eigenvalue weighted by molar-refractivity contribution is 7.99. The zero-order valence-corrected chi connectivity index (χ0v) is 20.3. The fourth-order valence-corrected chi connectivity index (χ4v) is 5.48. The number of thioether (sulfide) groups is 1. The smallest absolute Gasteiger partial charge is 0.234 e. The van der Waals surface area contributed by atoms with E-state index in [1.54, 1.807) is 0 Å². The minimum atomic E-state index is -0.0425. The van der Waals surface area contributed by atoms with Crippen molar-refractivity contribution < 1.29 is 4.79 Å². The molecule has 0 saturated carbocycles. The van der Waals surface area contributed by atoms with Crippen molar-refractivity contribution in [1.82, 2.24) is 19.7 Å². The van der Waals surface area contributed by atoms with Gasteiger partial charge in [-0.05, 0) is 75.2 Å². The minimum absolute atomic E-state index is 0.0425. The van der Waals surface area contributed by atoms with Crippen LogP contribution in [0.2, 0.25) is 0 Å².